The zero-order valence-corrected chi connectivity index (χ0v) is 12.5. The van der Waals surface area contributed by atoms with E-state index in [2.05, 4.69) is 15.3 Å². The smallest absolute Gasteiger partial charge is 0.169 e. The Morgan fingerprint density at radius 1 is 1.20 bits per heavy atom. The molecule has 7 heteroatoms. The summed E-state index contributed by atoms with van der Waals surface area (Å²) < 4.78 is 22.4. The molecule has 0 atom stereocenters. The van der Waals surface area contributed by atoms with Crippen LogP contribution >= 0.6 is 0 Å². The minimum atomic E-state index is -3.18. The summed E-state index contributed by atoms with van der Waals surface area (Å²) in [6, 6.07) is 7.37. The van der Waals surface area contributed by atoms with E-state index in [-0.39, 0.29) is 12.4 Å². The van der Waals surface area contributed by atoms with Crippen LogP contribution in [0.1, 0.15) is 13.8 Å². The van der Waals surface area contributed by atoms with E-state index in [9.17, 15) is 8.42 Å². The van der Waals surface area contributed by atoms with Gasteiger partial charge in [-0.2, -0.15) is 0 Å². The fraction of sp³-hybridized carbons (Fsp3) is 0.385. The molecule has 0 fully saturated rings. The van der Waals surface area contributed by atoms with E-state index >= 15 is 0 Å². The monoisotopic (exact) mass is 294 g/mol. The van der Waals surface area contributed by atoms with Crippen LogP contribution in [0.3, 0.4) is 0 Å². The number of hydrogen-bond acceptors (Lipinski definition) is 6. The number of aromatic nitrogens is 2. The first-order valence-corrected chi connectivity index (χ1v) is 8.05. The second kappa shape index (κ2) is 4.90. The van der Waals surface area contributed by atoms with Gasteiger partial charge in [-0.05, 0) is 26.0 Å². The van der Waals surface area contributed by atoms with E-state index in [4.69, 9.17) is 5.73 Å². The van der Waals surface area contributed by atoms with Crippen LogP contribution in [-0.2, 0) is 9.84 Å². The molecule has 3 N–H and O–H groups in total. The van der Waals surface area contributed by atoms with Gasteiger partial charge in [0.25, 0.3) is 0 Å². The molecule has 1 heterocycles. The molecule has 0 amide bonds. The van der Waals surface area contributed by atoms with Crippen molar-refractivity contribution in [2.24, 2.45) is 0 Å². The third-order valence-electron chi connectivity index (χ3n) is 3.28. The van der Waals surface area contributed by atoms with E-state index < -0.39 is 14.6 Å². The van der Waals surface area contributed by atoms with Gasteiger partial charge < -0.3 is 11.1 Å². The molecule has 0 aliphatic carbocycles. The third kappa shape index (κ3) is 2.82. The van der Waals surface area contributed by atoms with Crippen molar-refractivity contribution in [1.82, 2.24) is 9.97 Å². The van der Waals surface area contributed by atoms with E-state index in [1.54, 1.807) is 13.8 Å². The highest BCUT2D eigenvalue weighted by molar-refractivity contribution is 7.92. The first-order valence-electron chi connectivity index (χ1n) is 6.16. The first-order chi connectivity index (χ1) is 9.21. The maximum absolute atomic E-state index is 11.7. The Bertz CT molecular complexity index is 741. The summed E-state index contributed by atoms with van der Waals surface area (Å²) in [5.41, 5.74) is 7.26. The summed E-state index contributed by atoms with van der Waals surface area (Å²) in [5.74, 6) is 0.661. The van der Waals surface area contributed by atoms with Gasteiger partial charge >= 0.3 is 0 Å². The van der Waals surface area contributed by atoms with Gasteiger partial charge in [-0.15, -0.1) is 0 Å². The number of anilines is 2. The predicted molar refractivity (Wildman–Crippen MR) is 81.4 cm³/mol. The summed E-state index contributed by atoms with van der Waals surface area (Å²) >= 11 is 0. The molecule has 1 aromatic carbocycles. The normalized spacial score (nSPS) is 12.6. The molecular weight excluding hydrogens is 276 g/mol. The number of rotatable bonds is 4. The molecule has 20 heavy (non-hydrogen) atoms. The molecule has 0 spiro atoms. The Morgan fingerprint density at radius 3 is 2.30 bits per heavy atom. The average Bonchev–Trinajstić information content (AvgIpc) is 2.35. The number of nitrogen functional groups attached to an aromatic ring is 1. The summed E-state index contributed by atoms with van der Waals surface area (Å²) in [4.78, 5) is 8.61. The van der Waals surface area contributed by atoms with E-state index in [1.165, 1.54) is 6.26 Å². The lowest BCUT2D eigenvalue weighted by Gasteiger charge is -2.23. The van der Waals surface area contributed by atoms with Crippen LogP contribution < -0.4 is 11.1 Å². The molecule has 0 bridgehead atoms. The Balaban J connectivity index is 2.29. The SMILES string of the molecule is CC(C)(CNc1nc2ccccc2nc1N)S(C)(=O)=O. The van der Waals surface area contributed by atoms with E-state index in [0.29, 0.717) is 16.9 Å². The van der Waals surface area contributed by atoms with Gasteiger partial charge in [0.05, 0.1) is 15.8 Å². The van der Waals surface area contributed by atoms with Gasteiger partial charge in [-0.25, -0.2) is 18.4 Å². The van der Waals surface area contributed by atoms with Crippen molar-refractivity contribution < 1.29 is 8.42 Å². The quantitative estimate of drug-likeness (QED) is 0.885. The van der Waals surface area contributed by atoms with Gasteiger partial charge in [-0.1, -0.05) is 12.1 Å². The maximum atomic E-state index is 11.7. The van der Waals surface area contributed by atoms with Gasteiger partial charge in [0.15, 0.2) is 21.5 Å². The first kappa shape index (κ1) is 14.5. The number of nitrogens with one attached hydrogen (secondary N) is 1. The molecule has 0 saturated heterocycles. The largest absolute Gasteiger partial charge is 0.381 e. The van der Waals surface area contributed by atoms with Gasteiger partial charge in [-0.3, -0.25) is 0 Å². The number of nitrogens with two attached hydrogens (primary N) is 1. The lowest BCUT2D eigenvalue weighted by atomic mass is 10.2. The topological polar surface area (TPSA) is 98.0 Å². The molecule has 1 aromatic heterocycles. The molecule has 2 aromatic rings. The summed E-state index contributed by atoms with van der Waals surface area (Å²) in [6.07, 6.45) is 1.21. The highest BCUT2D eigenvalue weighted by Gasteiger charge is 2.30. The molecule has 0 saturated carbocycles. The number of sulfone groups is 1. The van der Waals surface area contributed by atoms with Crippen molar-refractivity contribution in [2.45, 2.75) is 18.6 Å². The number of para-hydroxylation sites is 2. The zero-order valence-electron chi connectivity index (χ0n) is 11.7. The number of benzene rings is 1. The highest BCUT2D eigenvalue weighted by atomic mass is 32.2. The van der Waals surface area contributed by atoms with Crippen molar-refractivity contribution in [2.75, 3.05) is 23.9 Å². The fourth-order valence-corrected chi connectivity index (χ4v) is 1.91. The Kier molecular flexibility index (Phi) is 3.56. The van der Waals surface area contributed by atoms with Crippen LogP contribution in [0.5, 0.6) is 0 Å². The van der Waals surface area contributed by atoms with Crippen molar-refractivity contribution in [3.63, 3.8) is 0 Å². The predicted octanol–water partition coefficient (Wildman–Crippen LogP) is 1.45. The van der Waals surface area contributed by atoms with E-state index in [1.807, 2.05) is 24.3 Å². The van der Waals surface area contributed by atoms with Crippen LogP contribution in [-0.4, -0.2) is 35.9 Å². The van der Waals surface area contributed by atoms with Crippen LogP contribution in [0.15, 0.2) is 24.3 Å². The zero-order chi connectivity index (χ0) is 15.0. The van der Waals surface area contributed by atoms with Crippen molar-refractivity contribution in [3.8, 4) is 0 Å². The standard InChI is InChI=1S/C13H18N4O2S/c1-13(2,20(3,18)19)8-15-12-11(14)16-9-6-4-5-7-10(9)17-12/h4-7H,8H2,1-3H3,(H2,14,16)(H,15,17). The second-order valence-electron chi connectivity index (χ2n) is 5.33. The average molecular weight is 294 g/mol. The molecule has 108 valence electrons. The third-order valence-corrected chi connectivity index (χ3v) is 5.43. The maximum Gasteiger partial charge on any atom is 0.169 e. The minimum absolute atomic E-state index is 0.211. The van der Waals surface area contributed by atoms with Crippen molar-refractivity contribution in [1.29, 1.82) is 0 Å². The molecule has 0 aliphatic heterocycles. The highest BCUT2D eigenvalue weighted by Crippen LogP contribution is 2.21. The Labute approximate surface area is 118 Å². The summed E-state index contributed by atoms with van der Waals surface area (Å²) in [6.45, 7) is 3.52. The number of hydrogen-bond donors (Lipinski definition) is 2. The van der Waals surface area contributed by atoms with Crippen LogP contribution in [0.2, 0.25) is 0 Å². The van der Waals surface area contributed by atoms with Gasteiger partial charge in [0.1, 0.15) is 0 Å². The van der Waals surface area contributed by atoms with E-state index in [0.717, 1.165) is 0 Å². The molecule has 6 nitrogen and oxygen atoms in total. The van der Waals surface area contributed by atoms with Gasteiger partial charge in [0.2, 0.25) is 0 Å². The summed E-state index contributed by atoms with van der Waals surface area (Å²) in [5, 5.41) is 2.97. The fourth-order valence-electron chi connectivity index (χ4n) is 1.57. The van der Waals surface area contributed by atoms with Gasteiger partial charge in [0, 0.05) is 12.8 Å². The van der Waals surface area contributed by atoms with Crippen molar-refractivity contribution in [3.05, 3.63) is 24.3 Å². The lowest BCUT2D eigenvalue weighted by Crippen LogP contribution is -2.38. The summed E-state index contributed by atoms with van der Waals surface area (Å²) in [7, 11) is -3.18. The number of fused-ring (bicyclic) bond motifs is 1. The Morgan fingerprint density at radius 2 is 1.75 bits per heavy atom. The molecule has 2 rings (SSSR count). The molecule has 0 radical (unpaired) electrons. The van der Waals surface area contributed by atoms with Crippen LogP contribution in [0.4, 0.5) is 11.6 Å². The lowest BCUT2D eigenvalue weighted by molar-refractivity contribution is 0.559. The van der Waals surface area contributed by atoms with Crippen molar-refractivity contribution >= 4 is 32.5 Å². The minimum Gasteiger partial charge on any atom is -0.381 e. The van der Waals surface area contributed by atoms with Crippen LogP contribution in [0.25, 0.3) is 11.0 Å². The number of nitrogens with zero attached hydrogens (tertiary/aromatic N) is 2. The molecular formula is C13H18N4O2S. The van der Waals surface area contributed by atoms with Crippen LogP contribution in [0, 0.1) is 0 Å². The second-order valence-corrected chi connectivity index (χ2v) is 7.98. The molecule has 0 unspecified atom stereocenters. The Hall–Kier alpha value is -1.89. The molecule has 0 aliphatic rings.